The third kappa shape index (κ3) is 8.34. The van der Waals surface area contributed by atoms with Gasteiger partial charge >= 0.3 is 0 Å². The molecule has 0 saturated heterocycles. The van der Waals surface area contributed by atoms with E-state index in [-0.39, 0.29) is 5.92 Å². The summed E-state index contributed by atoms with van der Waals surface area (Å²) in [6.07, 6.45) is 11.7. The minimum absolute atomic E-state index is 0.228. The maximum Gasteiger partial charge on any atom is 0.284 e. The van der Waals surface area contributed by atoms with Crippen molar-refractivity contribution in [2.45, 2.75) is 58.8 Å². The van der Waals surface area contributed by atoms with Crippen LogP contribution in [0, 0.1) is 17.8 Å². The molecule has 0 aliphatic carbocycles. The Hall–Kier alpha value is -2.31. The average molecular weight is 557 g/mol. The van der Waals surface area contributed by atoms with E-state index in [1.165, 1.54) is 5.56 Å². The molecule has 1 amide bonds. The van der Waals surface area contributed by atoms with Gasteiger partial charge in [-0.3, -0.25) is 9.00 Å². The normalized spacial score (nSPS) is 26.1. The van der Waals surface area contributed by atoms with Gasteiger partial charge in [-0.2, -0.15) is 4.36 Å². The highest BCUT2D eigenvalue weighted by molar-refractivity contribution is 7.75. The molecule has 1 unspecified atom stereocenters. The summed E-state index contributed by atoms with van der Waals surface area (Å²) in [6.45, 7) is 6.78. The summed E-state index contributed by atoms with van der Waals surface area (Å²) in [4.78, 5) is 15.3. The van der Waals surface area contributed by atoms with Crippen molar-refractivity contribution >= 4 is 33.8 Å². The minimum Gasteiger partial charge on any atom is -0.491 e. The van der Waals surface area contributed by atoms with Gasteiger partial charge in [0.2, 0.25) is 0 Å². The largest absolute Gasteiger partial charge is 0.491 e. The number of allylic oxidation sites excluding steroid dienone is 2. The third-order valence-electron chi connectivity index (χ3n) is 7.70. The van der Waals surface area contributed by atoms with Crippen molar-refractivity contribution in [3.63, 3.8) is 0 Å². The molecule has 2 aromatic rings. The first kappa shape index (κ1) is 28.7. The zero-order valence-electron chi connectivity index (χ0n) is 22.7. The maximum absolute atomic E-state index is 12.9. The lowest BCUT2D eigenvalue weighted by molar-refractivity contribution is 0.100. The van der Waals surface area contributed by atoms with E-state index in [9.17, 15) is 9.00 Å². The van der Waals surface area contributed by atoms with Gasteiger partial charge in [-0.05, 0) is 86.3 Å². The number of hydrogen-bond acceptors (Lipinski definition) is 4. The van der Waals surface area contributed by atoms with E-state index in [2.05, 4.69) is 41.3 Å². The van der Waals surface area contributed by atoms with Gasteiger partial charge in [0, 0.05) is 45.9 Å². The molecule has 2 heterocycles. The standard InChI is InChI=1S/C31H41ClN2O3S/c1-3-24-9-5-4-8-23(2)22-38(36)33-31(35)27-14-15-30-29(19-27)34(17-16-24)20-26(21-37-30)12-6-10-25-11-7-13-28(32)18-25/h4-5,7,11,13-15,18-19,23-24,26,38H,3,6,8-10,12,16-17,20-22H2,1-2H3/b5-4+/t23-,24-,26+/m0/s1. The van der Waals surface area contributed by atoms with Crippen LogP contribution >= 0.6 is 11.6 Å². The second-order valence-electron chi connectivity index (χ2n) is 10.9. The molecule has 38 heavy (non-hydrogen) atoms. The number of nitrogens with zero attached hydrogens (tertiary/aromatic N) is 2. The Labute approximate surface area is 234 Å². The van der Waals surface area contributed by atoms with Gasteiger partial charge in [0.1, 0.15) is 5.75 Å². The Bertz CT molecular complexity index is 1210. The summed E-state index contributed by atoms with van der Waals surface area (Å²) in [5.41, 5.74) is 2.69. The zero-order valence-corrected chi connectivity index (χ0v) is 24.3. The molecule has 0 fully saturated rings. The summed E-state index contributed by atoms with van der Waals surface area (Å²) in [6, 6.07) is 13.6. The molecule has 0 N–H and O–H groups in total. The van der Waals surface area contributed by atoms with E-state index in [1.54, 1.807) is 6.07 Å². The molecule has 0 spiro atoms. The highest BCUT2D eigenvalue weighted by Gasteiger charge is 2.25. The number of ether oxygens (including phenoxy) is 1. The molecule has 2 aromatic carbocycles. The molecule has 2 aliphatic heterocycles. The lowest BCUT2D eigenvalue weighted by Gasteiger charge is -2.28. The number of thiol groups is 1. The number of aryl methyl sites for hydroxylation is 1. The van der Waals surface area contributed by atoms with Crippen molar-refractivity contribution in [2.75, 3.05) is 30.3 Å². The number of amides is 1. The quantitative estimate of drug-likeness (QED) is 0.308. The summed E-state index contributed by atoms with van der Waals surface area (Å²) in [5, 5.41) is 0.782. The fraction of sp³-hybridized carbons (Fsp3) is 0.516. The molecule has 0 saturated carbocycles. The second-order valence-corrected chi connectivity index (χ2v) is 12.6. The Morgan fingerprint density at radius 2 is 1.97 bits per heavy atom. The maximum atomic E-state index is 12.9. The van der Waals surface area contributed by atoms with Gasteiger partial charge in [0.05, 0.1) is 12.3 Å². The van der Waals surface area contributed by atoms with Crippen molar-refractivity contribution in [3.8, 4) is 5.75 Å². The Morgan fingerprint density at radius 1 is 1.13 bits per heavy atom. The first-order valence-electron chi connectivity index (χ1n) is 14.0. The molecule has 5 nitrogen and oxygen atoms in total. The molecule has 2 bridgehead atoms. The first-order chi connectivity index (χ1) is 18.4. The van der Waals surface area contributed by atoms with Crippen molar-refractivity contribution < 1.29 is 13.7 Å². The van der Waals surface area contributed by atoms with E-state index in [0.717, 1.165) is 74.5 Å². The number of fused-ring (bicyclic) bond motifs is 1. The van der Waals surface area contributed by atoms with Crippen LogP contribution in [0.15, 0.2) is 59.0 Å². The van der Waals surface area contributed by atoms with Crippen molar-refractivity contribution in [2.24, 2.45) is 22.1 Å². The summed E-state index contributed by atoms with van der Waals surface area (Å²) < 4.78 is 22.9. The number of rotatable bonds is 5. The van der Waals surface area contributed by atoms with Gasteiger partial charge in [-0.15, -0.1) is 0 Å². The number of carbonyl (C=O) groups excluding carboxylic acids is 1. The highest BCUT2D eigenvalue weighted by Crippen LogP contribution is 2.35. The molecule has 4 rings (SSSR count). The van der Waals surface area contributed by atoms with Gasteiger partial charge in [-0.1, -0.05) is 56.2 Å². The van der Waals surface area contributed by atoms with E-state index in [1.807, 2.05) is 30.3 Å². The second kappa shape index (κ2) is 14.2. The molecular formula is C31H41ClN2O3S. The molecule has 7 heteroatoms. The van der Waals surface area contributed by atoms with Gasteiger partial charge < -0.3 is 9.64 Å². The summed E-state index contributed by atoms with van der Waals surface area (Å²) in [5.74, 6) is 2.04. The number of anilines is 1. The van der Waals surface area contributed by atoms with Crippen molar-refractivity contribution in [1.82, 2.24) is 0 Å². The lowest BCUT2D eigenvalue weighted by Crippen LogP contribution is -2.31. The van der Waals surface area contributed by atoms with E-state index in [0.29, 0.717) is 29.8 Å². The SMILES string of the molecule is CC[C@H]1C/C=C/C[C@H](C)C/[SH](=O)=N\C(=O)c2ccc3c(c2)N(CC1)C[C@@H](CCCc1cccc(Cl)c1)CO3. The van der Waals surface area contributed by atoms with E-state index in [4.69, 9.17) is 16.3 Å². The number of benzene rings is 2. The third-order valence-corrected chi connectivity index (χ3v) is 9.27. The number of hydrogen-bond donors (Lipinski definition) is 1. The van der Waals surface area contributed by atoms with Gasteiger partial charge in [0.15, 0.2) is 0 Å². The van der Waals surface area contributed by atoms with Crippen LogP contribution in [0.3, 0.4) is 0 Å². The molecular weight excluding hydrogens is 516 g/mol. The van der Waals surface area contributed by atoms with Crippen molar-refractivity contribution in [3.05, 3.63) is 70.8 Å². The summed E-state index contributed by atoms with van der Waals surface area (Å²) >= 11 is 6.17. The molecule has 206 valence electrons. The van der Waals surface area contributed by atoms with E-state index >= 15 is 0 Å². The molecule has 0 radical (unpaired) electrons. The fourth-order valence-corrected chi connectivity index (χ4v) is 6.64. The first-order valence-corrected chi connectivity index (χ1v) is 15.8. The summed E-state index contributed by atoms with van der Waals surface area (Å²) in [7, 11) is -1.93. The monoisotopic (exact) mass is 556 g/mol. The van der Waals surface area contributed by atoms with Crippen LogP contribution in [-0.4, -0.2) is 35.6 Å². The predicted octanol–water partition coefficient (Wildman–Crippen LogP) is 7.39. The smallest absolute Gasteiger partial charge is 0.284 e. The van der Waals surface area contributed by atoms with Crippen LogP contribution in [0.2, 0.25) is 5.02 Å². The minimum atomic E-state index is -1.93. The number of carbonyl (C=O) groups is 1. The zero-order chi connectivity index (χ0) is 26.9. The Kier molecular flexibility index (Phi) is 10.7. The molecule has 4 atom stereocenters. The van der Waals surface area contributed by atoms with Crippen LogP contribution < -0.4 is 9.64 Å². The van der Waals surface area contributed by atoms with Gasteiger partial charge in [0.25, 0.3) is 5.91 Å². The van der Waals surface area contributed by atoms with Crippen molar-refractivity contribution in [1.29, 1.82) is 0 Å². The predicted molar refractivity (Wildman–Crippen MR) is 159 cm³/mol. The van der Waals surface area contributed by atoms with Crippen LogP contribution in [-0.2, 0) is 17.0 Å². The fourth-order valence-electron chi connectivity index (χ4n) is 5.35. The van der Waals surface area contributed by atoms with E-state index < -0.39 is 16.5 Å². The molecule has 2 aliphatic rings. The topological polar surface area (TPSA) is 59.0 Å². The van der Waals surface area contributed by atoms with Gasteiger partial charge in [-0.25, -0.2) is 0 Å². The lowest BCUT2D eigenvalue weighted by atomic mass is 9.96. The number of halogens is 1. The van der Waals surface area contributed by atoms with Crippen LogP contribution in [0.5, 0.6) is 5.75 Å². The van der Waals surface area contributed by atoms with Crippen LogP contribution in [0.4, 0.5) is 5.69 Å². The Morgan fingerprint density at radius 3 is 2.79 bits per heavy atom. The van der Waals surface area contributed by atoms with Crippen LogP contribution in [0.1, 0.15) is 68.3 Å². The van der Waals surface area contributed by atoms with Crippen LogP contribution in [0.25, 0.3) is 0 Å². The molecule has 0 aromatic heterocycles. The average Bonchev–Trinajstić information content (AvgIpc) is 3.06. The Balaban J connectivity index is 1.55. The highest BCUT2D eigenvalue weighted by atomic mass is 35.5.